The Kier molecular flexibility index (Phi) is 5.18. The molecular formula is C11H23N3O2. The van der Waals surface area contributed by atoms with Crippen LogP contribution >= 0.6 is 0 Å². The molecule has 1 rings (SSSR count). The van der Waals surface area contributed by atoms with Gasteiger partial charge in [0.15, 0.2) is 0 Å². The lowest BCUT2D eigenvalue weighted by atomic mass is 9.98. The van der Waals surface area contributed by atoms with Crippen molar-refractivity contribution in [3.63, 3.8) is 0 Å². The Balaban J connectivity index is 2.51. The van der Waals surface area contributed by atoms with Crippen LogP contribution in [-0.4, -0.2) is 43.2 Å². The molecule has 1 fully saturated rings. The van der Waals surface area contributed by atoms with E-state index in [1.54, 1.807) is 0 Å². The summed E-state index contributed by atoms with van der Waals surface area (Å²) < 4.78 is 5.33. The molecule has 0 radical (unpaired) electrons. The van der Waals surface area contributed by atoms with Gasteiger partial charge in [-0.25, -0.2) is 5.84 Å². The van der Waals surface area contributed by atoms with Crippen LogP contribution in [0.2, 0.25) is 0 Å². The van der Waals surface area contributed by atoms with Crippen LogP contribution < -0.4 is 11.3 Å². The van der Waals surface area contributed by atoms with E-state index in [1.807, 2.05) is 6.92 Å². The Morgan fingerprint density at radius 1 is 1.44 bits per heavy atom. The molecule has 1 heterocycles. The van der Waals surface area contributed by atoms with E-state index in [9.17, 15) is 4.79 Å². The Morgan fingerprint density at radius 3 is 2.50 bits per heavy atom. The zero-order valence-electron chi connectivity index (χ0n) is 10.4. The van der Waals surface area contributed by atoms with Crippen molar-refractivity contribution in [2.24, 2.45) is 11.8 Å². The fraction of sp³-hybridized carbons (Fsp3) is 0.909. The number of amides is 1. The second-order valence-electron chi connectivity index (χ2n) is 4.55. The number of hydrogen-bond acceptors (Lipinski definition) is 4. The second kappa shape index (κ2) is 6.18. The van der Waals surface area contributed by atoms with E-state index in [2.05, 4.69) is 24.3 Å². The summed E-state index contributed by atoms with van der Waals surface area (Å²) in [7, 11) is 2.07. The van der Waals surface area contributed by atoms with Crippen molar-refractivity contribution in [3.05, 3.63) is 0 Å². The highest BCUT2D eigenvalue weighted by Crippen LogP contribution is 2.19. The first-order valence-corrected chi connectivity index (χ1v) is 5.88. The zero-order valence-corrected chi connectivity index (χ0v) is 10.4. The molecule has 2 atom stereocenters. The van der Waals surface area contributed by atoms with E-state index in [-0.39, 0.29) is 17.9 Å². The lowest BCUT2D eigenvalue weighted by molar-refractivity contribution is -0.126. The van der Waals surface area contributed by atoms with Crippen LogP contribution in [0, 0.1) is 5.92 Å². The highest BCUT2D eigenvalue weighted by atomic mass is 16.5. The van der Waals surface area contributed by atoms with Crippen LogP contribution in [0.25, 0.3) is 0 Å². The smallest absolute Gasteiger partial charge is 0.238 e. The normalized spacial score (nSPS) is 21.8. The minimum Gasteiger partial charge on any atom is -0.381 e. The van der Waals surface area contributed by atoms with Crippen molar-refractivity contribution in [2.45, 2.75) is 38.8 Å². The minimum absolute atomic E-state index is 0.0992. The van der Waals surface area contributed by atoms with Crippen molar-refractivity contribution < 1.29 is 9.53 Å². The summed E-state index contributed by atoms with van der Waals surface area (Å²) in [6, 6.07) is 0.698. The van der Waals surface area contributed by atoms with Crippen molar-refractivity contribution in [1.82, 2.24) is 10.3 Å². The van der Waals surface area contributed by atoms with Crippen LogP contribution in [0.5, 0.6) is 0 Å². The Labute approximate surface area is 97.3 Å². The average molecular weight is 229 g/mol. The Bertz CT molecular complexity index is 229. The molecule has 2 unspecified atom stereocenters. The number of nitrogens with two attached hydrogens (primary N) is 1. The number of carbonyl (C=O) groups excluding carboxylic acids is 1. The van der Waals surface area contributed by atoms with Crippen molar-refractivity contribution in [2.75, 3.05) is 20.3 Å². The van der Waals surface area contributed by atoms with Gasteiger partial charge in [0, 0.05) is 25.3 Å². The van der Waals surface area contributed by atoms with Gasteiger partial charge in [-0.15, -0.1) is 0 Å². The molecule has 94 valence electrons. The lowest BCUT2D eigenvalue weighted by Crippen LogP contribution is -2.49. The van der Waals surface area contributed by atoms with E-state index in [0.29, 0.717) is 6.04 Å². The van der Waals surface area contributed by atoms with Gasteiger partial charge in [0.05, 0.1) is 5.92 Å². The highest BCUT2D eigenvalue weighted by molar-refractivity contribution is 5.78. The number of rotatable bonds is 4. The fourth-order valence-electron chi connectivity index (χ4n) is 2.13. The van der Waals surface area contributed by atoms with Crippen molar-refractivity contribution in [1.29, 1.82) is 0 Å². The molecule has 0 spiro atoms. The first-order valence-electron chi connectivity index (χ1n) is 5.88. The molecular weight excluding hydrogens is 206 g/mol. The predicted octanol–water partition coefficient (Wildman–Crippen LogP) is 0.112. The van der Waals surface area contributed by atoms with Crippen molar-refractivity contribution >= 4 is 5.91 Å². The molecule has 16 heavy (non-hydrogen) atoms. The van der Waals surface area contributed by atoms with Gasteiger partial charge in [-0.1, -0.05) is 6.92 Å². The minimum atomic E-state index is -0.105. The molecule has 0 saturated carbocycles. The number of nitrogens with zero attached hydrogens (tertiary/aromatic N) is 1. The maximum atomic E-state index is 11.5. The summed E-state index contributed by atoms with van der Waals surface area (Å²) in [6.45, 7) is 5.61. The predicted molar refractivity (Wildman–Crippen MR) is 62.6 cm³/mol. The molecule has 1 amide bonds. The summed E-state index contributed by atoms with van der Waals surface area (Å²) in [5.41, 5.74) is 2.21. The molecule has 0 bridgehead atoms. The maximum absolute atomic E-state index is 11.5. The fourth-order valence-corrected chi connectivity index (χ4v) is 2.13. The van der Waals surface area contributed by atoms with Gasteiger partial charge in [0.1, 0.15) is 0 Å². The van der Waals surface area contributed by atoms with E-state index in [0.717, 1.165) is 26.1 Å². The van der Waals surface area contributed by atoms with Crippen LogP contribution in [0.3, 0.4) is 0 Å². The molecule has 3 N–H and O–H groups in total. The van der Waals surface area contributed by atoms with Gasteiger partial charge < -0.3 is 4.74 Å². The monoisotopic (exact) mass is 229 g/mol. The van der Waals surface area contributed by atoms with Gasteiger partial charge in [-0.3, -0.25) is 15.1 Å². The number of hydrogen-bond donors (Lipinski definition) is 2. The van der Waals surface area contributed by atoms with E-state index in [4.69, 9.17) is 10.6 Å². The number of hydrazine groups is 1. The summed E-state index contributed by atoms with van der Waals surface area (Å²) in [5.74, 6) is 4.95. The van der Waals surface area contributed by atoms with E-state index < -0.39 is 0 Å². The number of ether oxygens (including phenoxy) is 1. The maximum Gasteiger partial charge on any atom is 0.238 e. The van der Waals surface area contributed by atoms with Crippen LogP contribution in [0.4, 0.5) is 0 Å². The SMILES string of the molecule is CC(C(=O)NN)C(C)N(C)C1CCOCC1. The molecule has 0 aromatic carbocycles. The second-order valence-corrected chi connectivity index (χ2v) is 4.55. The van der Waals surface area contributed by atoms with E-state index >= 15 is 0 Å². The first kappa shape index (κ1) is 13.4. The Hall–Kier alpha value is -0.650. The summed E-state index contributed by atoms with van der Waals surface area (Å²) in [6.07, 6.45) is 2.08. The molecule has 0 aromatic heterocycles. The molecule has 1 aliphatic heterocycles. The highest BCUT2D eigenvalue weighted by Gasteiger charge is 2.28. The standard InChI is InChI=1S/C11H23N3O2/c1-8(11(15)13-12)9(2)14(3)10-4-6-16-7-5-10/h8-10H,4-7,12H2,1-3H3,(H,13,15). The topological polar surface area (TPSA) is 67.6 Å². The summed E-state index contributed by atoms with van der Waals surface area (Å²) in [5, 5.41) is 0. The van der Waals surface area contributed by atoms with Gasteiger partial charge in [0.2, 0.25) is 5.91 Å². The molecule has 1 aliphatic rings. The van der Waals surface area contributed by atoms with Crippen LogP contribution in [0.15, 0.2) is 0 Å². The van der Waals surface area contributed by atoms with Gasteiger partial charge in [-0.2, -0.15) is 0 Å². The number of nitrogens with one attached hydrogen (secondary N) is 1. The molecule has 0 aromatic rings. The summed E-state index contributed by atoms with van der Waals surface area (Å²) >= 11 is 0. The van der Waals surface area contributed by atoms with Gasteiger partial charge in [-0.05, 0) is 26.8 Å². The molecule has 5 heteroatoms. The lowest BCUT2D eigenvalue weighted by Gasteiger charge is -2.37. The largest absolute Gasteiger partial charge is 0.381 e. The molecule has 1 saturated heterocycles. The molecule has 0 aliphatic carbocycles. The third-order valence-corrected chi connectivity index (χ3v) is 3.69. The van der Waals surface area contributed by atoms with Crippen LogP contribution in [0.1, 0.15) is 26.7 Å². The van der Waals surface area contributed by atoms with E-state index in [1.165, 1.54) is 0 Å². The molecule has 5 nitrogen and oxygen atoms in total. The quantitative estimate of drug-likeness (QED) is 0.408. The summed E-state index contributed by atoms with van der Waals surface area (Å²) in [4.78, 5) is 13.7. The third kappa shape index (κ3) is 3.17. The van der Waals surface area contributed by atoms with Gasteiger partial charge in [0.25, 0.3) is 0 Å². The first-order chi connectivity index (χ1) is 7.57. The average Bonchev–Trinajstić information content (AvgIpc) is 2.36. The van der Waals surface area contributed by atoms with Crippen molar-refractivity contribution in [3.8, 4) is 0 Å². The zero-order chi connectivity index (χ0) is 12.1. The van der Waals surface area contributed by atoms with Crippen LogP contribution in [-0.2, 0) is 9.53 Å². The Morgan fingerprint density at radius 2 is 2.00 bits per heavy atom. The number of carbonyl (C=O) groups is 1. The third-order valence-electron chi connectivity index (χ3n) is 3.69. The van der Waals surface area contributed by atoms with Gasteiger partial charge >= 0.3 is 0 Å².